The number of nitrogens with two attached hydrogens (primary N) is 2. The second kappa shape index (κ2) is 9.63. The highest BCUT2D eigenvalue weighted by Gasteiger charge is 2.22. The molecule has 2 rings (SSSR count). The molecule has 0 aromatic heterocycles. The van der Waals surface area contributed by atoms with E-state index >= 15 is 0 Å². The average Bonchev–Trinajstić information content (AvgIpc) is 2.68. The Morgan fingerprint density at radius 1 is 1.32 bits per heavy atom. The normalized spacial score (nSPS) is 16.2. The van der Waals surface area contributed by atoms with E-state index in [-0.39, 0.29) is 5.91 Å². The maximum Gasteiger partial charge on any atom is 0.331 e. The molecule has 1 aliphatic heterocycles. The number of carbonyl (C=O) groups is 1. The highest BCUT2D eigenvalue weighted by Crippen LogP contribution is 2.21. The number of carbonyl (C=O) groups excluding carboxylic acids is 1. The minimum Gasteiger partial charge on any atom is -0.404 e. The van der Waals surface area contributed by atoms with E-state index in [1.54, 1.807) is 29.2 Å². The summed E-state index contributed by atoms with van der Waals surface area (Å²) in [6, 6.07) is 6.79. The number of hydrogen-bond donors (Lipinski definition) is 3. The maximum absolute atomic E-state index is 12.2. The molecule has 0 unspecified atom stereocenters. The summed E-state index contributed by atoms with van der Waals surface area (Å²) in [6.45, 7) is -0.249. The summed E-state index contributed by atoms with van der Waals surface area (Å²) >= 11 is 0. The zero-order chi connectivity index (χ0) is 20.7. The van der Waals surface area contributed by atoms with Crippen LogP contribution in [0.25, 0.3) is 5.57 Å². The van der Waals surface area contributed by atoms with Crippen molar-refractivity contribution >= 4 is 29.2 Å². The van der Waals surface area contributed by atoms with Crippen molar-refractivity contribution in [3.05, 3.63) is 47.3 Å². The van der Waals surface area contributed by atoms with Gasteiger partial charge in [-0.3, -0.25) is 4.79 Å². The topological polar surface area (TPSA) is 109 Å². The minimum absolute atomic E-state index is 0.0173. The molecule has 28 heavy (non-hydrogen) atoms. The van der Waals surface area contributed by atoms with Gasteiger partial charge in [-0.1, -0.05) is 12.1 Å². The largest absolute Gasteiger partial charge is 0.404 e. The van der Waals surface area contributed by atoms with Crippen molar-refractivity contribution < 1.29 is 13.6 Å². The van der Waals surface area contributed by atoms with Crippen LogP contribution in [0.4, 0.5) is 14.5 Å². The Hall–Kier alpha value is -3.23. The van der Waals surface area contributed by atoms with Gasteiger partial charge in [0.05, 0.1) is 12.2 Å². The average molecular weight is 390 g/mol. The number of alkyl halides is 2. The monoisotopic (exact) mass is 390 g/mol. The van der Waals surface area contributed by atoms with Crippen LogP contribution in [-0.2, 0) is 4.79 Å². The van der Waals surface area contributed by atoms with E-state index in [2.05, 4.69) is 15.3 Å². The maximum atomic E-state index is 12.2. The van der Waals surface area contributed by atoms with Crippen molar-refractivity contribution in [2.75, 3.05) is 20.1 Å². The Labute approximate surface area is 162 Å². The fourth-order valence-corrected chi connectivity index (χ4v) is 2.83. The summed E-state index contributed by atoms with van der Waals surface area (Å²) in [5.41, 5.74) is 15.0. The van der Waals surface area contributed by atoms with Gasteiger partial charge in [-0.2, -0.15) is 8.78 Å². The van der Waals surface area contributed by atoms with Crippen LogP contribution in [0.2, 0.25) is 0 Å². The molecule has 0 spiro atoms. The first kappa shape index (κ1) is 21.1. The van der Waals surface area contributed by atoms with Crippen LogP contribution in [0.5, 0.6) is 0 Å². The number of aliphatic imine (C=N–C) groups is 2. The lowest BCUT2D eigenvalue weighted by Crippen LogP contribution is -2.40. The van der Waals surface area contributed by atoms with Crippen LogP contribution in [0.3, 0.4) is 0 Å². The molecular weight excluding hydrogens is 366 g/mol. The molecule has 0 radical (unpaired) electrons. The number of halogens is 2. The molecule has 0 fully saturated rings. The van der Waals surface area contributed by atoms with Crippen molar-refractivity contribution in [3.8, 4) is 0 Å². The van der Waals surface area contributed by atoms with Gasteiger partial charge in [-0.05, 0) is 17.7 Å². The van der Waals surface area contributed by atoms with Crippen molar-refractivity contribution in [2.24, 2.45) is 21.5 Å². The van der Waals surface area contributed by atoms with E-state index in [4.69, 9.17) is 11.5 Å². The quantitative estimate of drug-likeness (QED) is 0.392. The van der Waals surface area contributed by atoms with Crippen LogP contribution >= 0.6 is 0 Å². The van der Waals surface area contributed by atoms with Crippen LogP contribution in [0.1, 0.15) is 18.9 Å². The Bertz CT molecular complexity index is 827. The van der Waals surface area contributed by atoms with Gasteiger partial charge in [-0.25, -0.2) is 9.98 Å². The van der Waals surface area contributed by atoms with Gasteiger partial charge in [-0.15, -0.1) is 0 Å². The van der Waals surface area contributed by atoms with Crippen molar-refractivity contribution in [2.45, 2.75) is 19.9 Å². The molecule has 1 aromatic carbocycles. The third-order valence-electron chi connectivity index (χ3n) is 4.36. The highest BCUT2D eigenvalue weighted by atomic mass is 19.3. The first-order valence-electron chi connectivity index (χ1n) is 8.69. The first-order valence-corrected chi connectivity index (χ1v) is 8.69. The molecule has 9 heteroatoms. The Morgan fingerprint density at radius 3 is 2.54 bits per heavy atom. The Balaban J connectivity index is 2.24. The summed E-state index contributed by atoms with van der Waals surface area (Å²) < 4.78 is 24.5. The number of nitrogens with zero attached hydrogens (tertiary/aromatic N) is 3. The van der Waals surface area contributed by atoms with Gasteiger partial charge >= 0.3 is 6.55 Å². The summed E-state index contributed by atoms with van der Waals surface area (Å²) in [4.78, 5) is 20.9. The van der Waals surface area contributed by atoms with Crippen molar-refractivity contribution in [3.63, 3.8) is 0 Å². The summed E-state index contributed by atoms with van der Waals surface area (Å²) in [6.07, 6.45) is 2.91. The van der Waals surface area contributed by atoms with E-state index < -0.39 is 6.55 Å². The van der Waals surface area contributed by atoms with Crippen molar-refractivity contribution in [1.29, 1.82) is 0 Å². The second-order valence-electron chi connectivity index (χ2n) is 6.12. The standard InChI is InChI=1S/C19H24F2N6O/c1-12(28)27-8-7-17(24-2)16(11-27)18(23)26-15-5-3-13(4-6-15)14(9-22)10-25-19(20)21/h3-6,9-10,19,24H,7-8,11,22H2,1-2H3,(H2,23,26). The van der Waals surface area contributed by atoms with Crippen LogP contribution in [-0.4, -0.2) is 49.5 Å². The minimum atomic E-state index is -2.79. The molecular formula is C19H24F2N6O. The van der Waals surface area contributed by atoms with Crippen molar-refractivity contribution in [1.82, 2.24) is 10.2 Å². The molecule has 150 valence electrons. The van der Waals surface area contributed by atoms with Gasteiger partial charge in [0.25, 0.3) is 0 Å². The lowest BCUT2D eigenvalue weighted by molar-refractivity contribution is -0.128. The van der Waals surface area contributed by atoms with Gasteiger partial charge < -0.3 is 21.7 Å². The molecule has 1 heterocycles. The molecule has 5 N–H and O–H groups in total. The van der Waals surface area contributed by atoms with E-state index in [1.165, 1.54) is 13.1 Å². The number of allylic oxidation sites excluding steroid dienone is 1. The smallest absolute Gasteiger partial charge is 0.331 e. The zero-order valence-corrected chi connectivity index (χ0v) is 15.8. The highest BCUT2D eigenvalue weighted by molar-refractivity contribution is 6.09. The number of hydrogen-bond acceptors (Lipinski definition) is 5. The lowest BCUT2D eigenvalue weighted by Gasteiger charge is -2.29. The number of nitrogens with one attached hydrogen (secondary N) is 1. The first-order chi connectivity index (χ1) is 13.3. The zero-order valence-electron chi connectivity index (χ0n) is 15.8. The van der Waals surface area contributed by atoms with Gasteiger partial charge in [0.1, 0.15) is 5.84 Å². The molecule has 0 aliphatic carbocycles. The van der Waals surface area contributed by atoms with Crippen LogP contribution < -0.4 is 16.8 Å². The third-order valence-corrected chi connectivity index (χ3v) is 4.36. The van der Waals surface area contributed by atoms with Crippen LogP contribution in [0.15, 0.2) is 51.7 Å². The van der Waals surface area contributed by atoms with Gasteiger partial charge in [0, 0.05) is 56.2 Å². The predicted molar refractivity (Wildman–Crippen MR) is 107 cm³/mol. The number of benzene rings is 1. The number of amidine groups is 1. The van der Waals surface area contributed by atoms with E-state index in [0.717, 1.165) is 17.5 Å². The molecule has 1 amide bonds. The fourth-order valence-electron chi connectivity index (χ4n) is 2.83. The molecule has 0 saturated heterocycles. The predicted octanol–water partition coefficient (Wildman–Crippen LogP) is 1.99. The van der Waals surface area contributed by atoms with Gasteiger partial charge in [0.15, 0.2) is 0 Å². The molecule has 0 bridgehead atoms. The SMILES string of the molecule is CNC1=C(C(N)=Nc2ccc(C(C=NC(F)F)=CN)cc2)CN(C(C)=O)CC1. The summed E-state index contributed by atoms with van der Waals surface area (Å²) in [5, 5.41) is 3.12. The molecule has 0 saturated carbocycles. The Morgan fingerprint density at radius 2 is 2.00 bits per heavy atom. The van der Waals surface area contributed by atoms with Gasteiger partial charge in [0.2, 0.25) is 5.91 Å². The number of rotatable bonds is 6. The van der Waals surface area contributed by atoms with E-state index in [1.807, 2.05) is 7.05 Å². The molecule has 1 aromatic rings. The fraction of sp³-hybridized carbons (Fsp3) is 0.316. The lowest BCUT2D eigenvalue weighted by atomic mass is 10.0. The summed E-state index contributed by atoms with van der Waals surface area (Å²) in [5.74, 6) is 0.299. The summed E-state index contributed by atoms with van der Waals surface area (Å²) in [7, 11) is 1.81. The van der Waals surface area contributed by atoms with Crippen LogP contribution in [0, 0.1) is 0 Å². The Kier molecular flexibility index (Phi) is 7.25. The second-order valence-corrected chi connectivity index (χ2v) is 6.12. The third kappa shape index (κ3) is 5.38. The van der Waals surface area contributed by atoms with E-state index in [0.29, 0.717) is 42.2 Å². The number of amides is 1. The molecule has 0 atom stereocenters. The molecule has 1 aliphatic rings. The molecule has 7 nitrogen and oxygen atoms in total. The van der Waals surface area contributed by atoms with E-state index in [9.17, 15) is 13.6 Å².